The number of nitrogens with two attached hydrogens (primary N) is 1. The van der Waals surface area contributed by atoms with Crippen molar-refractivity contribution in [3.63, 3.8) is 0 Å². The van der Waals surface area contributed by atoms with E-state index >= 15 is 0 Å². The maximum Gasteiger partial charge on any atom is 0.367 e. The second-order valence-corrected chi connectivity index (χ2v) is 14.1. The summed E-state index contributed by atoms with van der Waals surface area (Å²) in [7, 11) is 2.66. The molecule has 4 aromatic carbocycles. The molecule has 0 aliphatic carbocycles. The molecule has 0 atom stereocenters. The van der Waals surface area contributed by atoms with Crippen molar-refractivity contribution in [1.82, 2.24) is 20.1 Å². The average Bonchev–Trinajstić information content (AvgIpc) is 4.01. The monoisotopic (exact) mass is 810 g/mol. The lowest BCUT2D eigenvalue weighted by atomic mass is 10.1. The number of amidine groups is 1. The van der Waals surface area contributed by atoms with Crippen LogP contribution in [0.2, 0.25) is 0 Å². The van der Waals surface area contributed by atoms with Gasteiger partial charge in [-0.05, 0) is 81.1 Å². The first-order chi connectivity index (χ1) is 26.9. The molecule has 3 N–H and O–H groups in total. The number of thiazole rings is 2. The van der Waals surface area contributed by atoms with E-state index in [0.717, 1.165) is 42.7 Å². The summed E-state index contributed by atoms with van der Waals surface area (Å²) >= 11 is 2.94. The molecule has 0 aliphatic rings. The van der Waals surface area contributed by atoms with Crippen LogP contribution in [-0.4, -0.2) is 69.9 Å². The molecule has 0 radical (unpaired) electrons. The van der Waals surface area contributed by atoms with Crippen LogP contribution in [0.15, 0.2) is 82.5 Å². The van der Waals surface area contributed by atoms with E-state index in [4.69, 9.17) is 24.9 Å². The van der Waals surface area contributed by atoms with Gasteiger partial charge in [0.15, 0.2) is 10.8 Å². The highest BCUT2D eigenvalue weighted by atomic mass is 32.1. The van der Waals surface area contributed by atoms with Crippen LogP contribution in [0.5, 0.6) is 0 Å². The Morgan fingerprint density at radius 3 is 1.68 bits per heavy atom. The molecule has 0 amide bonds. The van der Waals surface area contributed by atoms with Crippen molar-refractivity contribution in [3.05, 3.63) is 117 Å². The van der Waals surface area contributed by atoms with E-state index in [-0.39, 0.29) is 25.2 Å². The van der Waals surface area contributed by atoms with Crippen LogP contribution >= 0.6 is 22.7 Å². The van der Waals surface area contributed by atoms with Crippen molar-refractivity contribution in [2.45, 2.75) is 42.0 Å². The van der Waals surface area contributed by atoms with E-state index < -0.39 is 5.97 Å². The normalized spacial score (nSPS) is 10.8. The van der Waals surface area contributed by atoms with Crippen LogP contribution in [0.4, 0.5) is 0 Å². The number of aromatic nitrogens is 4. The Labute approximate surface area is 336 Å². The summed E-state index contributed by atoms with van der Waals surface area (Å²) in [5.41, 5.74) is 13.9. The Kier molecular flexibility index (Phi) is 14.7. The summed E-state index contributed by atoms with van der Waals surface area (Å²) in [5, 5.41) is 16.4. The number of oxime groups is 1. The number of fused-ring (bicyclic) bond motifs is 2. The highest BCUT2D eigenvalue weighted by Gasteiger charge is 2.18. The number of hydrogen-bond acceptors (Lipinski definition) is 15. The number of methoxy groups -OCH3 is 2. The Hall–Kier alpha value is -6.52. The zero-order valence-corrected chi connectivity index (χ0v) is 33.2. The molecule has 0 spiro atoms. The lowest BCUT2D eigenvalue weighted by Crippen LogP contribution is -2.13. The first-order valence-electron chi connectivity index (χ1n) is 17.0. The van der Waals surface area contributed by atoms with Gasteiger partial charge in [-0.1, -0.05) is 66.3 Å². The van der Waals surface area contributed by atoms with E-state index in [1.165, 1.54) is 31.1 Å². The van der Waals surface area contributed by atoms with Crippen LogP contribution in [0.25, 0.3) is 42.7 Å². The molecular formula is C41H42N6O8S2. The van der Waals surface area contributed by atoms with Crippen molar-refractivity contribution in [2.24, 2.45) is 10.9 Å². The number of aryl methyl sites for hydroxylation is 4. The molecule has 0 aliphatic heterocycles. The maximum atomic E-state index is 11.6. The fraction of sp³-hybridized carbons (Fsp3) is 0.220. The highest BCUT2D eigenvalue weighted by Crippen LogP contribution is 2.34. The molecule has 0 saturated carbocycles. The van der Waals surface area contributed by atoms with Gasteiger partial charge >= 0.3 is 17.9 Å². The standard InChI is InChI=1S/C19H15N3O3S.C12H13NO2S.C9H10N2O3.CH4/c1-10-4-5-11(2)15-14(10)20-18(26-15)17-21-16(22-25-17)12-6-8-13(9-7-12)19(23)24-3;1-4-15-12(14)11-13-9-7(2)5-6-8(3)10(9)16-11;1-14-9(12)7-4-2-6(3-5-7)8(10)11-13;/h4-9H,1-3H3;5-6H,4H2,1-3H3;2-5,13H,1H3,(H2,10,11);1H4. The molecule has 0 unspecified atom stereocenters. The van der Waals surface area contributed by atoms with Crippen molar-refractivity contribution in [3.8, 4) is 22.3 Å². The van der Waals surface area contributed by atoms with Gasteiger partial charge in [0, 0.05) is 11.1 Å². The number of carbonyl (C=O) groups is 3. The number of rotatable bonds is 7. The van der Waals surface area contributed by atoms with Crippen LogP contribution in [-0.2, 0) is 14.2 Å². The van der Waals surface area contributed by atoms with Crippen molar-refractivity contribution in [1.29, 1.82) is 0 Å². The Balaban J connectivity index is 0.000000201. The molecule has 16 heteroatoms. The minimum Gasteiger partial charge on any atom is -0.465 e. The third-order valence-corrected chi connectivity index (χ3v) is 10.6. The number of carbonyl (C=O) groups excluding carboxylic acids is 3. The minimum absolute atomic E-state index is 0. The van der Waals surface area contributed by atoms with E-state index in [9.17, 15) is 14.4 Å². The van der Waals surface area contributed by atoms with E-state index in [1.807, 2.05) is 32.9 Å². The quantitative estimate of drug-likeness (QED) is 0.0387. The summed E-state index contributed by atoms with van der Waals surface area (Å²) in [4.78, 5) is 47.6. The van der Waals surface area contributed by atoms with Crippen molar-refractivity contribution in [2.75, 3.05) is 20.8 Å². The number of ether oxygens (including phenoxy) is 3. The predicted molar refractivity (Wildman–Crippen MR) is 221 cm³/mol. The van der Waals surface area contributed by atoms with Crippen LogP contribution in [0, 0.1) is 27.7 Å². The molecule has 7 rings (SSSR count). The fourth-order valence-corrected chi connectivity index (χ4v) is 7.18. The molecule has 3 aromatic heterocycles. The number of esters is 3. The number of nitrogens with zero attached hydrogens (tertiary/aromatic N) is 5. The van der Waals surface area contributed by atoms with Crippen LogP contribution < -0.4 is 5.73 Å². The van der Waals surface area contributed by atoms with Crippen LogP contribution in [0.3, 0.4) is 0 Å². The number of hydrogen-bond donors (Lipinski definition) is 2. The first kappa shape index (κ1) is 43.2. The van der Waals surface area contributed by atoms with Crippen molar-refractivity contribution < 1.29 is 38.3 Å². The molecular weight excluding hydrogens is 769 g/mol. The fourth-order valence-electron chi connectivity index (χ4n) is 5.14. The Morgan fingerprint density at radius 2 is 1.19 bits per heavy atom. The van der Waals surface area contributed by atoms with Gasteiger partial charge in [-0.15, -0.1) is 22.7 Å². The molecule has 57 heavy (non-hydrogen) atoms. The predicted octanol–water partition coefficient (Wildman–Crippen LogP) is 8.71. The van der Waals surface area contributed by atoms with Gasteiger partial charge in [-0.3, -0.25) is 0 Å². The Morgan fingerprint density at radius 1 is 0.702 bits per heavy atom. The Bertz CT molecular complexity index is 2460. The van der Waals surface area contributed by atoms with Gasteiger partial charge in [-0.2, -0.15) is 4.98 Å². The van der Waals surface area contributed by atoms with Gasteiger partial charge in [0.1, 0.15) is 0 Å². The van der Waals surface area contributed by atoms with Gasteiger partial charge in [0.05, 0.1) is 52.4 Å². The average molecular weight is 811 g/mol. The van der Waals surface area contributed by atoms with Gasteiger partial charge in [0.2, 0.25) is 10.8 Å². The lowest BCUT2D eigenvalue weighted by molar-refractivity contribution is 0.0524. The summed E-state index contributed by atoms with van der Waals surface area (Å²) in [6, 6.07) is 21.3. The van der Waals surface area contributed by atoms with E-state index in [1.54, 1.807) is 66.8 Å². The summed E-state index contributed by atoms with van der Waals surface area (Å²) in [5.74, 6) is -0.299. The zero-order chi connectivity index (χ0) is 40.5. The largest absolute Gasteiger partial charge is 0.465 e. The second-order valence-electron chi connectivity index (χ2n) is 12.1. The summed E-state index contributed by atoms with van der Waals surface area (Å²) < 4.78 is 21.8. The maximum absolute atomic E-state index is 11.6. The van der Waals surface area contributed by atoms with E-state index in [2.05, 4.69) is 49.1 Å². The molecule has 296 valence electrons. The number of benzene rings is 4. The topological polar surface area (TPSA) is 202 Å². The molecule has 7 aromatic rings. The van der Waals surface area contributed by atoms with Gasteiger partial charge in [-0.25, -0.2) is 24.4 Å². The second kappa shape index (κ2) is 19.4. The summed E-state index contributed by atoms with van der Waals surface area (Å²) in [6.45, 7) is 10.3. The van der Waals surface area contributed by atoms with Gasteiger partial charge in [0.25, 0.3) is 5.89 Å². The smallest absolute Gasteiger partial charge is 0.367 e. The summed E-state index contributed by atoms with van der Waals surface area (Å²) in [6.07, 6.45) is 0. The highest BCUT2D eigenvalue weighted by molar-refractivity contribution is 7.21. The first-order valence-corrected chi connectivity index (χ1v) is 18.6. The molecule has 3 heterocycles. The van der Waals surface area contributed by atoms with Crippen LogP contribution in [0.1, 0.15) is 72.7 Å². The van der Waals surface area contributed by atoms with Crippen molar-refractivity contribution >= 4 is 66.9 Å². The SMILES string of the molecule is C.CCOC(=O)c1nc2c(C)ccc(C)c2s1.COC(=O)c1ccc(-c2noc(-c3nc4c(C)ccc(C)c4s3)n2)cc1.COC(=O)c1ccc(/C(N)=N/O)cc1. The lowest BCUT2D eigenvalue weighted by Gasteiger charge is -2.00. The molecule has 0 bridgehead atoms. The van der Waals surface area contributed by atoms with E-state index in [0.29, 0.717) is 45.0 Å². The van der Waals surface area contributed by atoms with Gasteiger partial charge < -0.3 is 29.7 Å². The third kappa shape index (κ3) is 10.0. The molecule has 0 fully saturated rings. The minimum atomic E-state index is -0.420. The third-order valence-electron chi connectivity index (χ3n) is 8.22. The molecule has 0 saturated heterocycles. The molecule has 14 nitrogen and oxygen atoms in total. The zero-order valence-electron chi connectivity index (χ0n) is 31.6.